The molecule has 3 aliphatic rings. The zero-order chi connectivity index (χ0) is 32.5. The number of cyclic esters (lactones) is 1. The molecule has 3 atom stereocenters. The van der Waals surface area contributed by atoms with Crippen LogP contribution in [0.25, 0.3) is 10.8 Å². The van der Waals surface area contributed by atoms with Crippen molar-refractivity contribution < 1.29 is 27.2 Å². The van der Waals surface area contributed by atoms with Gasteiger partial charge >= 0.3 is 5.97 Å². The molecule has 45 heavy (non-hydrogen) atoms. The normalized spacial score (nSPS) is 24.3. The monoisotopic (exact) mass is 655 g/mol. The first-order valence-corrected chi connectivity index (χ1v) is 18.4. The molecule has 0 amide bonds. The molecule has 1 unspecified atom stereocenters. The highest BCUT2D eigenvalue weighted by Gasteiger charge is 2.42. The van der Waals surface area contributed by atoms with Crippen molar-refractivity contribution in [1.82, 2.24) is 19.7 Å². The lowest BCUT2D eigenvalue weighted by molar-refractivity contribution is -0.0189. The Kier molecular flexibility index (Phi) is 8.07. The third kappa shape index (κ3) is 6.49. The Morgan fingerprint density at radius 3 is 2.47 bits per heavy atom. The van der Waals surface area contributed by atoms with Crippen molar-refractivity contribution in [3.05, 3.63) is 47.4 Å². The Morgan fingerprint density at radius 1 is 1.11 bits per heavy atom. The van der Waals surface area contributed by atoms with Crippen LogP contribution in [0.15, 0.2) is 30.6 Å². The highest BCUT2D eigenvalue weighted by atomic mass is 32.2. The number of anilines is 2. The number of hydrogen-bond acceptors (Lipinski definition) is 11. The van der Waals surface area contributed by atoms with Crippen LogP contribution in [-0.4, -0.2) is 61.8 Å². The molecular formula is C32H41N5O6S2. The lowest BCUT2D eigenvalue weighted by Crippen LogP contribution is -2.42. The molecule has 242 valence electrons. The Labute approximate surface area is 267 Å². The molecule has 0 bridgehead atoms. The molecule has 0 spiro atoms. The summed E-state index contributed by atoms with van der Waals surface area (Å²) in [6.45, 7) is 11.6. The molecule has 1 aliphatic heterocycles. The number of hydrogen-bond donors (Lipinski definition) is 2. The molecule has 3 aromatic rings. The second-order valence-corrected chi connectivity index (χ2v) is 18.4. The number of nitrogens with one attached hydrogen (secondary N) is 2. The van der Waals surface area contributed by atoms with Crippen molar-refractivity contribution in [3.63, 3.8) is 0 Å². The Hall–Kier alpha value is -3.00. The molecule has 0 saturated heterocycles. The summed E-state index contributed by atoms with van der Waals surface area (Å²) in [6, 6.07) is 5.17. The van der Waals surface area contributed by atoms with E-state index < -0.39 is 36.8 Å². The number of esters is 1. The van der Waals surface area contributed by atoms with Crippen molar-refractivity contribution in [2.75, 3.05) is 11.6 Å². The van der Waals surface area contributed by atoms with Gasteiger partial charge in [-0.15, -0.1) is 4.72 Å². The average molecular weight is 656 g/mol. The summed E-state index contributed by atoms with van der Waals surface area (Å²) in [5.74, 6) is 1.27. The predicted octanol–water partition coefficient (Wildman–Crippen LogP) is 5.28. The van der Waals surface area contributed by atoms with Gasteiger partial charge in [-0.2, -0.15) is 0 Å². The SMILES string of the molecule is C[C@@H]1c2nc(Nc3cc4c([C@H](N[S+]([O-])C(C)(C)C)C5CC5)cnc(OC5CC(S(C)(=O)=O)C5)c4cn3)ccc2C(=O)OC1(C)C. The zero-order valence-electron chi connectivity index (χ0n) is 26.7. The largest absolute Gasteiger partial charge is 0.598 e. The van der Waals surface area contributed by atoms with Gasteiger partial charge in [0.2, 0.25) is 5.88 Å². The number of sulfone groups is 1. The number of pyridine rings is 3. The standard InChI is InChI=1S/C32H41N5O6S2/c1-17-27-21(30(38)43-32(17,5)6)10-11-25(36-27)35-26-14-22-23(28(18-8-9-18)37-44(39)31(2,3)4)15-34-29(24(22)16-33-26)42-19-12-20(13-19)45(7,40)41/h10-11,14-20,28,37H,8-9,12-13H2,1-7H3,(H,33,35,36)/t17-,19?,20?,28-,44?/m1/s1. The van der Waals surface area contributed by atoms with Crippen LogP contribution >= 0.6 is 0 Å². The second kappa shape index (κ2) is 11.4. The Balaban J connectivity index is 1.36. The fourth-order valence-electron chi connectivity index (χ4n) is 5.69. The van der Waals surface area contributed by atoms with Crippen molar-refractivity contribution >= 4 is 49.6 Å². The molecule has 2 fully saturated rings. The highest BCUT2D eigenvalue weighted by molar-refractivity contribution is 7.91. The summed E-state index contributed by atoms with van der Waals surface area (Å²) < 4.78 is 51.9. The van der Waals surface area contributed by atoms with Gasteiger partial charge in [0.1, 0.15) is 28.1 Å². The van der Waals surface area contributed by atoms with Gasteiger partial charge in [-0.3, -0.25) is 0 Å². The molecule has 4 heterocycles. The van der Waals surface area contributed by atoms with Crippen LogP contribution in [0.1, 0.15) is 101 Å². The number of carbonyl (C=O) groups is 1. The second-order valence-electron chi connectivity index (χ2n) is 14.1. The average Bonchev–Trinajstić information content (AvgIpc) is 3.76. The van der Waals surface area contributed by atoms with E-state index in [1.54, 1.807) is 24.5 Å². The smallest absolute Gasteiger partial charge is 0.340 e. The lowest BCUT2D eigenvalue weighted by atomic mass is 9.84. The maximum Gasteiger partial charge on any atom is 0.340 e. The Morgan fingerprint density at radius 2 is 1.82 bits per heavy atom. The van der Waals surface area contributed by atoms with E-state index in [4.69, 9.17) is 14.5 Å². The molecule has 2 saturated carbocycles. The van der Waals surface area contributed by atoms with Crippen molar-refractivity contribution in [1.29, 1.82) is 0 Å². The highest BCUT2D eigenvalue weighted by Crippen LogP contribution is 2.45. The summed E-state index contributed by atoms with van der Waals surface area (Å²) in [4.78, 5) is 26.7. The van der Waals surface area contributed by atoms with Crippen molar-refractivity contribution in [2.24, 2.45) is 5.92 Å². The summed E-state index contributed by atoms with van der Waals surface area (Å²) in [5.41, 5.74) is 1.32. The summed E-state index contributed by atoms with van der Waals surface area (Å²) in [5, 5.41) is 4.42. The molecular weight excluding hydrogens is 615 g/mol. The van der Waals surface area contributed by atoms with Gasteiger partial charge in [0.05, 0.1) is 27.9 Å². The van der Waals surface area contributed by atoms with Gasteiger partial charge in [-0.05, 0) is 77.0 Å². The van der Waals surface area contributed by atoms with E-state index in [0.29, 0.717) is 52.9 Å². The maximum atomic E-state index is 13.2. The minimum atomic E-state index is -3.12. The van der Waals surface area contributed by atoms with Crippen LogP contribution in [0.3, 0.4) is 0 Å². The van der Waals surface area contributed by atoms with Gasteiger partial charge < -0.3 is 19.3 Å². The quantitative estimate of drug-likeness (QED) is 0.229. The van der Waals surface area contributed by atoms with E-state index in [2.05, 4.69) is 20.0 Å². The number of nitrogens with zero attached hydrogens (tertiary/aromatic N) is 3. The number of ether oxygens (including phenoxy) is 2. The minimum Gasteiger partial charge on any atom is -0.598 e. The van der Waals surface area contributed by atoms with E-state index in [9.17, 15) is 17.8 Å². The zero-order valence-corrected chi connectivity index (χ0v) is 28.3. The van der Waals surface area contributed by atoms with E-state index in [-0.39, 0.29) is 24.0 Å². The molecule has 2 N–H and O–H groups in total. The van der Waals surface area contributed by atoms with Gasteiger partial charge in [-0.1, -0.05) is 6.92 Å². The summed E-state index contributed by atoms with van der Waals surface area (Å²) >= 11 is -1.31. The first-order chi connectivity index (χ1) is 21.0. The van der Waals surface area contributed by atoms with Crippen molar-refractivity contribution in [2.45, 2.75) is 101 Å². The van der Waals surface area contributed by atoms with Crippen molar-refractivity contribution in [3.8, 4) is 5.88 Å². The predicted molar refractivity (Wildman–Crippen MR) is 174 cm³/mol. The third-order valence-corrected chi connectivity index (χ3v) is 12.3. The number of carbonyl (C=O) groups excluding carboxylic acids is 1. The van der Waals surface area contributed by atoms with E-state index in [1.165, 1.54) is 6.26 Å². The molecule has 0 aromatic carbocycles. The van der Waals surface area contributed by atoms with E-state index >= 15 is 0 Å². The summed E-state index contributed by atoms with van der Waals surface area (Å²) in [7, 11) is -3.12. The van der Waals surface area contributed by atoms with Gasteiger partial charge in [0.25, 0.3) is 0 Å². The third-order valence-electron chi connectivity index (χ3n) is 9.13. The van der Waals surface area contributed by atoms with Crippen LogP contribution < -0.4 is 14.8 Å². The van der Waals surface area contributed by atoms with Gasteiger partial charge in [0, 0.05) is 54.3 Å². The van der Waals surface area contributed by atoms with Crippen LogP contribution in [0.2, 0.25) is 0 Å². The van der Waals surface area contributed by atoms with Gasteiger partial charge in [-0.25, -0.2) is 28.2 Å². The van der Waals surface area contributed by atoms with Crippen LogP contribution in [0, 0.1) is 5.92 Å². The van der Waals surface area contributed by atoms with Gasteiger partial charge in [0.15, 0.2) is 9.84 Å². The maximum absolute atomic E-state index is 13.2. The van der Waals surface area contributed by atoms with Crippen LogP contribution in [0.4, 0.5) is 11.6 Å². The topological polar surface area (TPSA) is 155 Å². The van der Waals surface area contributed by atoms with Crippen LogP contribution in [0.5, 0.6) is 5.88 Å². The minimum absolute atomic E-state index is 0.114. The number of aromatic nitrogens is 3. The first kappa shape index (κ1) is 32.0. The molecule has 11 nitrogen and oxygen atoms in total. The Bertz CT molecular complexity index is 1750. The summed E-state index contributed by atoms with van der Waals surface area (Å²) in [6.07, 6.45) is 7.33. The molecule has 2 aliphatic carbocycles. The number of fused-ring (bicyclic) bond motifs is 2. The molecule has 13 heteroatoms. The number of rotatable bonds is 9. The van der Waals surface area contributed by atoms with E-state index in [0.717, 1.165) is 23.8 Å². The molecule has 6 rings (SSSR count). The van der Waals surface area contributed by atoms with E-state index in [1.807, 2.05) is 47.6 Å². The molecule has 0 radical (unpaired) electrons. The fourth-order valence-corrected chi connectivity index (χ4v) is 7.72. The lowest BCUT2D eigenvalue weighted by Gasteiger charge is -2.36. The van der Waals surface area contributed by atoms with Crippen LogP contribution in [-0.2, 0) is 25.9 Å². The first-order valence-electron chi connectivity index (χ1n) is 15.3. The molecule has 3 aromatic heterocycles. The fraction of sp³-hybridized carbons (Fsp3) is 0.562.